The van der Waals surface area contributed by atoms with Crippen molar-refractivity contribution < 1.29 is 14.6 Å². The van der Waals surface area contributed by atoms with Crippen LogP contribution in [-0.4, -0.2) is 53.8 Å². The van der Waals surface area contributed by atoms with Gasteiger partial charge in [-0.3, -0.25) is 0 Å². The number of aliphatic hydroxyl groups is 1. The van der Waals surface area contributed by atoms with Crippen molar-refractivity contribution >= 4 is 35.5 Å². The van der Waals surface area contributed by atoms with Crippen LogP contribution >= 0.6 is 0 Å². The number of hydrogen-bond acceptors (Lipinski definition) is 3. The van der Waals surface area contributed by atoms with Gasteiger partial charge < -0.3 is 9.84 Å². The van der Waals surface area contributed by atoms with Crippen molar-refractivity contribution in [2.45, 2.75) is 0 Å². The molecule has 4 heteroatoms. The van der Waals surface area contributed by atoms with Gasteiger partial charge in [-0.2, -0.15) is 0 Å². The Hall–Kier alpha value is -0.350. The summed E-state index contributed by atoms with van der Waals surface area (Å²) in [6.07, 6.45) is 0. The number of esters is 1. The van der Waals surface area contributed by atoms with Crippen molar-refractivity contribution in [3.05, 3.63) is 35.9 Å². The predicted molar refractivity (Wildman–Crippen MR) is 51.0 cm³/mol. The van der Waals surface area contributed by atoms with Gasteiger partial charge in [0.2, 0.25) is 0 Å². The Morgan fingerprint density at radius 2 is 1.92 bits per heavy atom. The average Bonchev–Trinajstić information content (AvgIpc) is 2.15. The van der Waals surface area contributed by atoms with Crippen LogP contribution in [-0.2, 0) is 4.74 Å². The van der Waals surface area contributed by atoms with E-state index in [-0.39, 0.29) is 42.8 Å². The van der Waals surface area contributed by atoms with Crippen LogP contribution in [0.25, 0.3) is 0 Å². The molecule has 1 aromatic rings. The Kier molecular flexibility index (Phi) is 6.90. The first-order valence-corrected chi connectivity index (χ1v) is 3.67. The molecule has 0 radical (unpaired) electrons. The standard InChI is InChI=1S/C9H10O3.Na.H/c10-6-7-12-9(11)8-4-2-1-3-5-8;;/h1-5,10H,6-7H2;;. The van der Waals surface area contributed by atoms with Crippen LogP contribution in [0.1, 0.15) is 10.4 Å². The Labute approximate surface area is 99.0 Å². The van der Waals surface area contributed by atoms with Gasteiger partial charge in [0.25, 0.3) is 0 Å². The zero-order valence-electron chi connectivity index (χ0n) is 6.56. The topological polar surface area (TPSA) is 46.5 Å². The molecule has 0 amide bonds. The molecule has 1 N–H and O–H groups in total. The van der Waals surface area contributed by atoms with Crippen LogP contribution in [0.2, 0.25) is 0 Å². The van der Waals surface area contributed by atoms with Gasteiger partial charge in [0.15, 0.2) is 0 Å². The number of hydrogen-bond donors (Lipinski definition) is 1. The molecule has 0 bridgehead atoms. The second kappa shape index (κ2) is 7.09. The summed E-state index contributed by atoms with van der Waals surface area (Å²) in [5.41, 5.74) is 0.506. The zero-order chi connectivity index (χ0) is 8.81. The number of aliphatic hydroxyl groups excluding tert-OH is 1. The second-order valence-corrected chi connectivity index (χ2v) is 2.23. The number of carbonyl (C=O) groups excluding carboxylic acids is 1. The summed E-state index contributed by atoms with van der Waals surface area (Å²) >= 11 is 0. The van der Waals surface area contributed by atoms with E-state index in [2.05, 4.69) is 4.74 Å². The average molecular weight is 190 g/mol. The summed E-state index contributed by atoms with van der Waals surface area (Å²) in [6, 6.07) is 8.67. The quantitative estimate of drug-likeness (QED) is 0.546. The monoisotopic (exact) mass is 190 g/mol. The maximum absolute atomic E-state index is 11.1. The van der Waals surface area contributed by atoms with Crippen molar-refractivity contribution in [1.29, 1.82) is 0 Å². The number of benzene rings is 1. The van der Waals surface area contributed by atoms with E-state index in [9.17, 15) is 4.79 Å². The van der Waals surface area contributed by atoms with Crippen molar-refractivity contribution in [2.24, 2.45) is 0 Å². The summed E-state index contributed by atoms with van der Waals surface area (Å²) < 4.78 is 4.69. The van der Waals surface area contributed by atoms with E-state index in [1.165, 1.54) is 0 Å². The Morgan fingerprint density at radius 1 is 1.31 bits per heavy atom. The molecule has 66 valence electrons. The van der Waals surface area contributed by atoms with E-state index in [0.29, 0.717) is 5.56 Å². The number of ether oxygens (including phenoxy) is 1. The Morgan fingerprint density at radius 3 is 2.46 bits per heavy atom. The Bertz CT molecular complexity index is 248. The third-order valence-corrected chi connectivity index (χ3v) is 1.33. The van der Waals surface area contributed by atoms with E-state index < -0.39 is 5.97 Å². The van der Waals surface area contributed by atoms with Gasteiger partial charge in [-0.05, 0) is 12.1 Å². The van der Waals surface area contributed by atoms with E-state index in [0.717, 1.165) is 0 Å². The molecule has 0 aromatic heterocycles. The van der Waals surface area contributed by atoms with Crippen molar-refractivity contribution in [2.75, 3.05) is 13.2 Å². The fraction of sp³-hybridized carbons (Fsp3) is 0.222. The molecule has 0 atom stereocenters. The fourth-order valence-corrected chi connectivity index (χ4v) is 0.796. The van der Waals surface area contributed by atoms with E-state index >= 15 is 0 Å². The summed E-state index contributed by atoms with van der Waals surface area (Å²) in [6.45, 7) is -0.0910. The molecule has 0 fully saturated rings. The molecule has 0 unspecified atom stereocenters. The van der Waals surface area contributed by atoms with Gasteiger partial charge in [0, 0.05) is 0 Å². The van der Waals surface area contributed by atoms with Crippen LogP contribution in [0.5, 0.6) is 0 Å². The first-order chi connectivity index (χ1) is 5.84. The normalized spacial score (nSPS) is 8.69. The molecule has 1 rings (SSSR count). The van der Waals surface area contributed by atoms with E-state index in [4.69, 9.17) is 5.11 Å². The first kappa shape index (κ1) is 12.7. The van der Waals surface area contributed by atoms with Crippen LogP contribution in [0.4, 0.5) is 0 Å². The van der Waals surface area contributed by atoms with Gasteiger partial charge in [0.05, 0.1) is 12.2 Å². The molecular formula is C9H11NaO3. The molecule has 3 nitrogen and oxygen atoms in total. The third kappa shape index (κ3) is 4.43. The Balaban J connectivity index is 0.00000144. The molecule has 0 aliphatic carbocycles. The zero-order valence-corrected chi connectivity index (χ0v) is 6.56. The predicted octanol–water partition coefficient (Wildman–Crippen LogP) is 0.187. The summed E-state index contributed by atoms with van der Waals surface area (Å²) in [5, 5.41) is 8.38. The molecule has 0 saturated carbocycles. The maximum atomic E-state index is 11.1. The van der Waals surface area contributed by atoms with E-state index in [1.54, 1.807) is 24.3 Å². The van der Waals surface area contributed by atoms with Crippen molar-refractivity contribution in [3.63, 3.8) is 0 Å². The molecular weight excluding hydrogens is 179 g/mol. The molecule has 0 heterocycles. The molecule has 1 aromatic carbocycles. The second-order valence-electron chi connectivity index (χ2n) is 2.23. The van der Waals surface area contributed by atoms with Gasteiger partial charge in [-0.25, -0.2) is 4.79 Å². The molecule has 0 saturated heterocycles. The third-order valence-electron chi connectivity index (χ3n) is 1.33. The summed E-state index contributed by atoms with van der Waals surface area (Å²) in [5.74, 6) is -0.398. The van der Waals surface area contributed by atoms with Crippen LogP contribution < -0.4 is 0 Å². The van der Waals surface area contributed by atoms with Crippen molar-refractivity contribution in [3.8, 4) is 0 Å². The van der Waals surface area contributed by atoms with Gasteiger partial charge in [-0.1, -0.05) is 18.2 Å². The van der Waals surface area contributed by atoms with E-state index in [1.807, 2.05) is 6.07 Å². The van der Waals surface area contributed by atoms with Crippen LogP contribution in [0, 0.1) is 0 Å². The molecule has 0 aliphatic rings. The minimum absolute atomic E-state index is 0. The number of rotatable bonds is 3. The van der Waals surface area contributed by atoms with Gasteiger partial charge in [0.1, 0.15) is 6.61 Å². The summed E-state index contributed by atoms with van der Waals surface area (Å²) in [4.78, 5) is 11.1. The molecule has 0 spiro atoms. The molecule has 13 heavy (non-hydrogen) atoms. The van der Waals surface area contributed by atoms with Crippen molar-refractivity contribution in [1.82, 2.24) is 0 Å². The number of carbonyl (C=O) groups is 1. The minimum atomic E-state index is -0.398. The van der Waals surface area contributed by atoms with Gasteiger partial charge >= 0.3 is 35.5 Å². The molecule has 0 aliphatic heterocycles. The van der Waals surface area contributed by atoms with Gasteiger partial charge in [-0.15, -0.1) is 0 Å². The summed E-state index contributed by atoms with van der Waals surface area (Å²) in [7, 11) is 0. The van der Waals surface area contributed by atoms with Crippen LogP contribution in [0.3, 0.4) is 0 Å². The SMILES string of the molecule is O=C(OCCO)c1ccccc1.[NaH]. The fourth-order valence-electron chi connectivity index (χ4n) is 0.796. The van der Waals surface area contributed by atoms with Crippen LogP contribution in [0.15, 0.2) is 30.3 Å². The first-order valence-electron chi connectivity index (χ1n) is 3.67.